The Morgan fingerprint density at radius 3 is 2.84 bits per heavy atom. The summed E-state index contributed by atoms with van der Waals surface area (Å²) in [7, 11) is 0. The number of H-pyrrole nitrogens is 2. The van der Waals surface area contributed by atoms with Gasteiger partial charge in [0.2, 0.25) is 0 Å². The Hall–Kier alpha value is -1.81. The van der Waals surface area contributed by atoms with E-state index in [1.165, 1.54) is 6.33 Å². The summed E-state index contributed by atoms with van der Waals surface area (Å²) in [6.45, 7) is -0.441. The van der Waals surface area contributed by atoms with E-state index in [2.05, 4.69) is 19.9 Å². The maximum Gasteiger partial charge on any atom is 0.277 e. The van der Waals surface area contributed by atoms with E-state index in [4.69, 9.17) is 9.84 Å². The largest absolute Gasteiger partial charge is 0.394 e. The average molecular weight is 268 g/mol. The van der Waals surface area contributed by atoms with Crippen LogP contribution in [0.3, 0.4) is 0 Å². The molecule has 2 aromatic rings. The summed E-state index contributed by atoms with van der Waals surface area (Å²) >= 11 is 0. The van der Waals surface area contributed by atoms with E-state index in [1.807, 2.05) is 0 Å². The van der Waals surface area contributed by atoms with Crippen molar-refractivity contribution in [3.05, 3.63) is 22.5 Å². The minimum Gasteiger partial charge on any atom is -0.394 e. The van der Waals surface area contributed by atoms with Crippen molar-refractivity contribution < 1.29 is 20.1 Å². The van der Waals surface area contributed by atoms with E-state index >= 15 is 0 Å². The van der Waals surface area contributed by atoms with Gasteiger partial charge >= 0.3 is 0 Å². The van der Waals surface area contributed by atoms with Gasteiger partial charge in [-0.1, -0.05) is 0 Å². The molecule has 102 valence electrons. The second-order valence-corrected chi connectivity index (χ2v) is 4.31. The maximum absolute atomic E-state index is 11.7. The van der Waals surface area contributed by atoms with Crippen molar-refractivity contribution in [1.29, 1.82) is 0 Å². The molecule has 1 saturated heterocycles. The van der Waals surface area contributed by atoms with E-state index in [0.717, 1.165) is 0 Å². The number of aromatic nitrogens is 4. The van der Waals surface area contributed by atoms with Gasteiger partial charge in [-0.25, -0.2) is 9.97 Å². The van der Waals surface area contributed by atoms with Crippen LogP contribution in [0.5, 0.6) is 0 Å². The van der Waals surface area contributed by atoms with Crippen LogP contribution in [-0.2, 0) is 4.74 Å². The summed E-state index contributed by atoms with van der Waals surface area (Å²) < 4.78 is 5.28. The molecule has 0 unspecified atom stereocenters. The lowest BCUT2D eigenvalue weighted by molar-refractivity contribution is -0.0252. The van der Waals surface area contributed by atoms with Crippen LogP contribution in [-0.4, -0.2) is 60.2 Å². The Kier molecular flexibility index (Phi) is 2.82. The Morgan fingerprint density at radius 2 is 2.16 bits per heavy atom. The number of nitrogens with one attached hydrogen (secondary N) is 2. The molecule has 0 radical (unpaired) electrons. The number of aromatic amines is 2. The molecule has 9 nitrogen and oxygen atoms in total. The molecule has 1 aliphatic heterocycles. The SMILES string of the molecule is O=c1[nH]c([C@@H]2O[C@H](CO)[C@H](O)[C@H]2O)nc2nc[nH]c12. The molecule has 0 spiro atoms. The minimum absolute atomic E-state index is 0.0621. The van der Waals surface area contributed by atoms with Crippen molar-refractivity contribution in [2.24, 2.45) is 0 Å². The lowest BCUT2D eigenvalue weighted by Gasteiger charge is -2.13. The summed E-state index contributed by atoms with van der Waals surface area (Å²) in [5, 5.41) is 28.5. The number of aliphatic hydroxyl groups excluding tert-OH is 3. The van der Waals surface area contributed by atoms with Crippen molar-refractivity contribution in [2.45, 2.75) is 24.4 Å². The van der Waals surface area contributed by atoms with Gasteiger partial charge in [0.15, 0.2) is 11.2 Å². The van der Waals surface area contributed by atoms with Gasteiger partial charge in [-0.05, 0) is 0 Å². The fraction of sp³-hybridized carbons (Fsp3) is 0.500. The monoisotopic (exact) mass is 268 g/mol. The molecule has 0 aliphatic carbocycles. The van der Waals surface area contributed by atoms with Crippen LogP contribution in [0.4, 0.5) is 0 Å². The molecule has 4 atom stereocenters. The number of aliphatic hydroxyl groups is 3. The molecule has 3 heterocycles. The molecule has 19 heavy (non-hydrogen) atoms. The van der Waals surface area contributed by atoms with Crippen molar-refractivity contribution in [3.63, 3.8) is 0 Å². The summed E-state index contributed by atoms with van der Waals surface area (Å²) in [6.07, 6.45) is -3.12. The summed E-state index contributed by atoms with van der Waals surface area (Å²) in [4.78, 5) is 24.7. The number of imidazole rings is 1. The molecule has 0 aromatic carbocycles. The lowest BCUT2D eigenvalue weighted by atomic mass is 10.1. The van der Waals surface area contributed by atoms with Crippen LogP contribution in [0.25, 0.3) is 11.2 Å². The van der Waals surface area contributed by atoms with Crippen LogP contribution in [0, 0.1) is 0 Å². The van der Waals surface area contributed by atoms with Crippen LogP contribution in [0.2, 0.25) is 0 Å². The molecular formula is C10H12N4O5. The maximum atomic E-state index is 11.7. The van der Waals surface area contributed by atoms with Gasteiger partial charge in [0.1, 0.15) is 30.2 Å². The van der Waals surface area contributed by atoms with Gasteiger partial charge in [-0.2, -0.15) is 0 Å². The molecule has 9 heteroatoms. The topological polar surface area (TPSA) is 144 Å². The average Bonchev–Trinajstić information content (AvgIpc) is 2.96. The highest BCUT2D eigenvalue weighted by atomic mass is 16.6. The van der Waals surface area contributed by atoms with Crippen molar-refractivity contribution in [2.75, 3.05) is 6.61 Å². The van der Waals surface area contributed by atoms with Crippen molar-refractivity contribution in [1.82, 2.24) is 19.9 Å². The Balaban J connectivity index is 2.03. The number of ether oxygens (including phenoxy) is 1. The zero-order valence-electron chi connectivity index (χ0n) is 9.65. The first-order chi connectivity index (χ1) is 9.11. The molecule has 0 amide bonds. The van der Waals surface area contributed by atoms with Crippen LogP contribution < -0.4 is 5.56 Å². The third kappa shape index (κ3) is 1.83. The van der Waals surface area contributed by atoms with Crippen molar-refractivity contribution >= 4 is 11.2 Å². The molecule has 0 saturated carbocycles. The predicted molar refractivity (Wildman–Crippen MR) is 61.2 cm³/mol. The third-order valence-electron chi connectivity index (χ3n) is 3.13. The zero-order valence-corrected chi connectivity index (χ0v) is 9.65. The van der Waals surface area contributed by atoms with Crippen molar-refractivity contribution in [3.8, 4) is 0 Å². The van der Waals surface area contributed by atoms with E-state index in [9.17, 15) is 15.0 Å². The van der Waals surface area contributed by atoms with Crippen LogP contribution in [0.1, 0.15) is 11.9 Å². The number of rotatable bonds is 2. The van der Waals surface area contributed by atoms with E-state index in [-0.39, 0.29) is 17.0 Å². The molecule has 3 rings (SSSR count). The first-order valence-corrected chi connectivity index (χ1v) is 5.67. The van der Waals surface area contributed by atoms with Crippen LogP contribution in [0.15, 0.2) is 11.1 Å². The lowest BCUT2D eigenvalue weighted by Crippen LogP contribution is -2.32. The summed E-state index contributed by atoms with van der Waals surface area (Å²) in [5.74, 6) is 0.0621. The Bertz CT molecular complexity index is 653. The third-order valence-corrected chi connectivity index (χ3v) is 3.13. The normalized spacial score (nSPS) is 31.1. The van der Waals surface area contributed by atoms with Gasteiger partial charge in [-0.15, -0.1) is 0 Å². The summed E-state index contributed by atoms with van der Waals surface area (Å²) in [6, 6.07) is 0. The fourth-order valence-corrected chi connectivity index (χ4v) is 2.12. The molecular weight excluding hydrogens is 256 g/mol. The highest BCUT2D eigenvalue weighted by Crippen LogP contribution is 2.31. The number of fused-ring (bicyclic) bond motifs is 1. The standard InChI is InChI=1S/C10H12N4O5/c15-1-3-5(16)6(17)7(19-3)9-13-8-4(10(18)14-9)11-2-12-8/h2-3,5-7,15-17H,1H2,(H2,11,12,13,14,18)/t3-,5+,6-,7-/m1/s1. The first kappa shape index (κ1) is 12.2. The number of nitrogens with zero attached hydrogens (tertiary/aromatic N) is 2. The molecule has 0 bridgehead atoms. The smallest absolute Gasteiger partial charge is 0.277 e. The Labute approximate surface area is 105 Å². The summed E-state index contributed by atoms with van der Waals surface area (Å²) in [5.41, 5.74) is -0.0396. The predicted octanol–water partition coefficient (Wildman–Crippen LogP) is -2.20. The molecule has 2 aromatic heterocycles. The van der Waals surface area contributed by atoms with Gasteiger partial charge in [-0.3, -0.25) is 4.79 Å². The second-order valence-electron chi connectivity index (χ2n) is 4.31. The van der Waals surface area contributed by atoms with E-state index < -0.39 is 36.6 Å². The van der Waals surface area contributed by atoms with E-state index in [1.54, 1.807) is 0 Å². The fourth-order valence-electron chi connectivity index (χ4n) is 2.12. The molecule has 1 aliphatic rings. The zero-order chi connectivity index (χ0) is 13.6. The first-order valence-electron chi connectivity index (χ1n) is 5.67. The minimum atomic E-state index is -1.28. The molecule has 5 N–H and O–H groups in total. The Morgan fingerprint density at radius 1 is 1.37 bits per heavy atom. The van der Waals surface area contributed by atoms with Gasteiger partial charge < -0.3 is 30.0 Å². The quantitative estimate of drug-likeness (QED) is 0.415. The number of hydrogen-bond donors (Lipinski definition) is 5. The second kappa shape index (κ2) is 4.38. The molecule has 1 fully saturated rings. The van der Waals surface area contributed by atoms with Gasteiger partial charge in [0.05, 0.1) is 12.9 Å². The van der Waals surface area contributed by atoms with Crippen LogP contribution >= 0.6 is 0 Å². The number of hydrogen-bond acceptors (Lipinski definition) is 7. The highest BCUT2D eigenvalue weighted by Gasteiger charge is 2.44. The van der Waals surface area contributed by atoms with Gasteiger partial charge in [0, 0.05) is 0 Å². The van der Waals surface area contributed by atoms with Gasteiger partial charge in [0.25, 0.3) is 5.56 Å². The highest BCUT2D eigenvalue weighted by molar-refractivity contribution is 5.68. The van der Waals surface area contributed by atoms with E-state index in [0.29, 0.717) is 0 Å².